The molecule has 0 aliphatic rings. The molecule has 6 heteroatoms. The van der Waals surface area contributed by atoms with E-state index < -0.39 is 0 Å². The van der Waals surface area contributed by atoms with Crippen molar-refractivity contribution in [3.05, 3.63) is 96.2 Å². The molecule has 3 aromatic heterocycles. The summed E-state index contributed by atoms with van der Waals surface area (Å²) in [7, 11) is 0. The zero-order chi connectivity index (χ0) is 24.1. The molecule has 0 bridgehead atoms. The summed E-state index contributed by atoms with van der Waals surface area (Å²) in [5.74, 6) is 2.35. The van der Waals surface area contributed by atoms with Crippen molar-refractivity contribution in [1.29, 1.82) is 0 Å². The van der Waals surface area contributed by atoms with Crippen molar-refractivity contribution in [3.8, 4) is 23.2 Å². The number of ether oxygens (including phenoxy) is 1. The van der Waals surface area contributed by atoms with E-state index in [1.807, 2.05) is 49.5 Å². The van der Waals surface area contributed by atoms with Gasteiger partial charge in [-0.15, -0.1) is 17.5 Å². The number of para-hydroxylation sites is 1. The smallest absolute Gasteiger partial charge is 0.217 e. The summed E-state index contributed by atoms with van der Waals surface area (Å²) in [6.07, 6.45) is 1.86. The van der Waals surface area contributed by atoms with Gasteiger partial charge in [0.15, 0.2) is 0 Å². The first-order chi connectivity index (χ1) is 17.0. The van der Waals surface area contributed by atoms with Crippen LogP contribution in [0.4, 0.5) is 0 Å². The second-order valence-corrected chi connectivity index (χ2v) is 9.09. The first-order valence-corrected chi connectivity index (χ1v) is 11.7. The van der Waals surface area contributed by atoms with Crippen LogP contribution in [0.15, 0.2) is 79.0 Å². The number of aromatic hydroxyl groups is 1. The van der Waals surface area contributed by atoms with E-state index in [0.717, 1.165) is 38.6 Å². The monoisotopic (exact) mass is 653 g/mol. The summed E-state index contributed by atoms with van der Waals surface area (Å²) in [6, 6.07) is 27.4. The molecule has 0 aliphatic carbocycles. The predicted octanol–water partition coefficient (Wildman–Crippen LogP) is 7.45. The van der Waals surface area contributed by atoms with Crippen molar-refractivity contribution in [1.82, 2.24) is 14.5 Å². The van der Waals surface area contributed by atoms with Gasteiger partial charge in [0.2, 0.25) is 5.88 Å². The van der Waals surface area contributed by atoms with Crippen LogP contribution in [0.3, 0.4) is 0 Å². The Morgan fingerprint density at radius 1 is 0.944 bits per heavy atom. The quantitative estimate of drug-likeness (QED) is 0.201. The zero-order valence-electron chi connectivity index (χ0n) is 20.1. The van der Waals surface area contributed by atoms with Crippen LogP contribution in [-0.4, -0.2) is 19.6 Å². The first kappa shape index (κ1) is 24.0. The van der Waals surface area contributed by atoms with E-state index in [9.17, 15) is 5.11 Å². The van der Waals surface area contributed by atoms with Crippen LogP contribution < -0.4 is 4.74 Å². The predicted molar refractivity (Wildman–Crippen MR) is 140 cm³/mol. The SMILES string of the molecule is Cc1ccc2ccc(Oc3[c-]c4c(cc3)c3ccccc3n4-c3cc(C(C)C)ccn3)nc2c1O.[Pt]. The fourth-order valence-electron chi connectivity index (χ4n) is 4.51. The first-order valence-electron chi connectivity index (χ1n) is 11.7. The summed E-state index contributed by atoms with van der Waals surface area (Å²) in [4.78, 5) is 9.25. The molecule has 36 heavy (non-hydrogen) atoms. The molecule has 0 fully saturated rings. The molecule has 3 aromatic carbocycles. The number of hydrogen-bond acceptors (Lipinski definition) is 4. The number of rotatable bonds is 4. The van der Waals surface area contributed by atoms with Gasteiger partial charge in [0.05, 0.1) is 0 Å². The van der Waals surface area contributed by atoms with Crippen molar-refractivity contribution in [2.75, 3.05) is 0 Å². The zero-order valence-corrected chi connectivity index (χ0v) is 22.4. The Morgan fingerprint density at radius 2 is 1.75 bits per heavy atom. The van der Waals surface area contributed by atoms with Gasteiger partial charge >= 0.3 is 0 Å². The number of pyridine rings is 2. The van der Waals surface area contributed by atoms with Gasteiger partial charge in [0.25, 0.3) is 0 Å². The molecule has 3 heterocycles. The third-order valence-corrected chi connectivity index (χ3v) is 6.45. The normalized spacial score (nSPS) is 11.3. The minimum atomic E-state index is 0. The van der Waals surface area contributed by atoms with Crippen LogP contribution in [-0.2, 0) is 21.1 Å². The number of aryl methyl sites for hydroxylation is 1. The van der Waals surface area contributed by atoms with Crippen LogP contribution in [0.1, 0.15) is 30.9 Å². The van der Waals surface area contributed by atoms with E-state index in [0.29, 0.717) is 23.1 Å². The van der Waals surface area contributed by atoms with Crippen LogP contribution >= 0.6 is 0 Å². The molecule has 0 spiro atoms. The van der Waals surface area contributed by atoms with E-state index in [-0.39, 0.29) is 26.8 Å². The van der Waals surface area contributed by atoms with Crippen LogP contribution in [0.25, 0.3) is 38.5 Å². The van der Waals surface area contributed by atoms with Gasteiger partial charge in [-0.25, -0.2) is 9.97 Å². The van der Waals surface area contributed by atoms with Gasteiger partial charge in [-0.1, -0.05) is 49.7 Å². The van der Waals surface area contributed by atoms with Gasteiger partial charge in [-0.05, 0) is 53.6 Å². The minimum Gasteiger partial charge on any atom is -0.505 e. The number of benzene rings is 3. The number of aromatic nitrogens is 3. The fraction of sp³-hybridized carbons (Fsp3) is 0.133. The Bertz CT molecular complexity index is 1740. The largest absolute Gasteiger partial charge is 0.505 e. The maximum Gasteiger partial charge on any atom is 0.217 e. The maximum absolute atomic E-state index is 10.5. The molecule has 0 amide bonds. The van der Waals surface area contributed by atoms with Crippen LogP contribution in [0.2, 0.25) is 0 Å². The average molecular weight is 654 g/mol. The standard InChI is InChI=1S/C30H24N3O2.Pt/c1-18(2)21-14-15-31-27(16-21)33-25-7-5-4-6-23(25)24-12-11-22(17-26(24)33)35-28-13-10-20-9-8-19(3)30(34)29(20)32-28;/h4-16,18,34H,1-3H3;/q-1;. The molecule has 0 saturated carbocycles. The van der Waals surface area contributed by atoms with Crippen molar-refractivity contribution in [2.24, 2.45) is 0 Å². The molecule has 5 nitrogen and oxygen atoms in total. The summed E-state index contributed by atoms with van der Waals surface area (Å²) < 4.78 is 8.26. The van der Waals surface area contributed by atoms with Crippen molar-refractivity contribution in [2.45, 2.75) is 26.7 Å². The van der Waals surface area contributed by atoms with E-state index in [4.69, 9.17) is 9.72 Å². The average Bonchev–Trinajstić information content (AvgIpc) is 3.20. The number of fused-ring (bicyclic) bond motifs is 4. The Kier molecular flexibility index (Phi) is 6.27. The van der Waals surface area contributed by atoms with E-state index in [1.54, 1.807) is 6.07 Å². The number of phenols is 1. The van der Waals surface area contributed by atoms with Crippen LogP contribution in [0, 0.1) is 13.0 Å². The summed E-state index contributed by atoms with van der Waals surface area (Å²) in [6.45, 7) is 6.21. The molecular weight excluding hydrogens is 629 g/mol. The van der Waals surface area contributed by atoms with Gasteiger partial charge in [0, 0.05) is 50.0 Å². The third kappa shape index (κ3) is 4.04. The molecular formula is C30H24N3O2Pt-. The number of nitrogens with zero attached hydrogens (tertiary/aromatic N) is 3. The topological polar surface area (TPSA) is 60.2 Å². The number of phenolic OH excluding ortho intramolecular Hbond substituents is 1. The molecule has 0 unspecified atom stereocenters. The second kappa shape index (κ2) is 9.40. The maximum atomic E-state index is 10.5. The fourth-order valence-corrected chi connectivity index (χ4v) is 4.51. The molecule has 0 radical (unpaired) electrons. The van der Waals surface area contributed by atoms with Crippen molar-refractivity contribution >= 4 is 32.7 Å². The molecule has 182 valence electrons. The third-order valence-electron chi connectivity index (χ3n) is 6.45. The molecule has 6 rings (SSSR count). The molecule has 0 saturated heterocycles. The Morgan fingerprint density at radius 3 is 2.58 bits per heavy atom. The molecule has 0 atom stereocenters. The Balaban J connectivity index is 0.00000267. The van der Waals surface area contributed by atoms with Gasteiger partial charge in [0.1, 0.15) is 17.1 Å². The Hall–Kier alpha value is -3.69. The van der Waals surface area contributed by atoms with Gasteiger partial charge < -0.3 is 14.4 Å². The van der Waals surface area contributed by atoms with Crippen molar-refractivity contribution < 1.29 is 30.9 Å². The summed E-state index contributed by atoms with van der Waals surface area (Å²) >= 11 is 0. The number of hydrogen-bond donors (Lipinski definition) is 1. The summed E-state index contributed by atoms with van der Waals surface area (Å²) in [5, 5.41) is 13.5. The van der Waals surface area contributed by atoms with Crippen LogP contribution in [0.5, 0.6) is 17.4 Å². The molecule has 1 N–H and O–H groups in total. The van der Waals surface area contributed by atoms with Gasteiger partial charge in [-0.3, -0.25) is 0 Å². The second-order valence-electron chi connectivity index (χ2n) is 9.09. The van der Waals surface area contributed by atoms with E-state index in [1.165, 1.54) is 5.56 Å². The van der Waals surface area contributed by atoms with E-state index in [2.05, 4.69) is 59.8 Å². The Labute approximate surface area is 223 Å². The minimum absolute atomic E-state index is 0. The van der Waals surface area contributed by atoms with E-state index >= 15 is 0 Å². The van der Waals surface area contributed by atoms with Gasteiger partial charge in [-0.2, -0.15) is 6.07 Å². The molecule has 0 aliphatic heterocycles. The summed E-state index contributed by atoms with van der Waals surface area (Å²) in [5.41, 5.74) is 4.47. The van der Waals surface area contributed by atoms with Crippen molar-refractivity contribution in [3.63, 3.8) is 0 Å². The molecule has 6 aromatic rings.